The van der Waals surface area contributed by atoms with Gasteiger partial charge >= 0.3 is 13.2 Å². The van der Waals surface area contributed by atoms with Gasteiger partial charge in [-0.1, -0.05) is 48.6 Å². The smallest absolute Gasteiger partial charge is 0.453 e. The van der Waals surface area contributed by atoms with Gasteiger partial charge in [-0.2, -0.15) is 0 Å². The standard InChI is InChI=1S/C29H32BFN4O5/c1-28(2)29(3,4)40-30(39-28)20-12-8-18(9-13-20)22-17-32-25(33-22)23-7-6-16-35(23)26(36)24(34-27(37)38-5)19-10-14-21(31)15-11-19/h6-15,17,23-24H,16H2,1-5H3,(H,32,33)(H,34,37)/t23?,24-/m1/s1. The number of carbonyl (C=O) groups is 2. The van der Waals surface area contributed by atoms with Crippen LogP contribution in [0, 0.1) is 5.82 Å². The van der Waals surface area contributed by atoms with Gasteiger partial charge in [0.25, 0.3) is 5.91 Å². The van der Waals surface area contributed by atoms with Gasteiger partial charge in [-0.3, -0.25) is 4.79 Å². The number of halogens is 1. The zero-order valence-corrected chi connectivity index (χ0v) is 23.1. The number of aromatic nitrogens is 2. The van der Waals surface area contributed by atoms with Gasteiger partial charge in [0.1, 0.15) is 23.7 Å². The molecule has 1 aromatic heterocycles. The molecule has 1 fully saturated rings. The number of nitrogens with one attached hydrogen (secondary N) is 2. The summed E-state index contributed by atoms with van der Waals surface area (Å²) in [6.07, 6.45) is 4.69. The number of nitrogens with zero attached hydrogens (tertiary/aromatic N) is 2. The summed E-state index contributed by atoms with van der Waals surface area (Å²) in [5.74, 6) is -0.249. The maximum absolute atomic E-state index is 13.7. The molecule has 2 atom stereocenters. The fourth-order valence-electron chi connectivity index (χ4n) is 4.70. The van der Waals surface area contributed by atoms with Crippen LogP contribution in [0.15, 0.2) is 66.9 Å². The first kappa shape index (κ1) is 27.6. The average molecular weight is 546 g/mol. The number of ether oxygens (including phenoxy) is 1. The molecule has 3 aromatic rings. The van der Waals surface area contributed by atoms with Gasteiger partial charge < -0.3 is 29.2 Å². The molecule has 0 saturated carbocycles. The highest BCUT2D eigenvalue weighted by Crippen LogP contribution is 2.36. The van der Waals surface area contributed by atoms with E-state index in [2.05, 4.69) is 15.3 Å². The van der Waals surface area contributed by atoms with E-state index >= 15 is 0 Å². The predicted molar refractivity (Wildman–Crippen MR) is 148 cm³/mol. The van der Waals surface area contributed by atoms with Crippen LogP contribution in [0.25, 0.3) is 11.3 Å². The highest BCUT2D eigenvalue weighted by atomic mass is 19.1. The summed E-state index contributed by atoms with van der Waals surface area (Å²) in [6.45, 7) is 8.40. The number of methoxy groups -OCH3 is 1. The Morgan fingerprint density at radius 3 is 2.38 bits per heavy atom. The molecule has 0 aliphatic carbocycles. The molecule has 1 unspecified atom stereocenters. The van der Waals surface area contributed by atoms with Gasteiger partial charge in [0.15, 0.2) is 0 Å². The van der Waals surface area contributed by atoms with E-state index in [0.717, 1.165) is 16.7 Å². The van der Waals surface area contributed by atoms with Crippen LogP contribution in [0.1, 0.15) is 51.2 Å². The van der Waals surface area contributed by atoms with Gasteiger partial charge in [0.05, 0.1) is 30.2 Å². The third-order valence-corrected chi connectivity index (χ3v) is 7.76. The van der Waals surface area contributed by atoms with E-state index in [-0.39, 0.29) is 5.91 Å². The lowest BCUT2D eigenvalue weighted by atomic mass is 9.79. The summed E-state index contributed by atoms with van der Waals surface area (Å²) in [5.41, 5.74) is 2.21. The summed E-state index contributed by atoms with van der Waals surface area (Å²) >= 11 is 0. The molecule has 0 spiro atoms. The Bertz CT molecular complexity index is 1400. The number of hydrogen-bond donors (Lipinski definition) is 2. The number of hydrogen-bond acceptors (Lipinski definition) is 6. The van der Waals surface area contributed by atoms with E-state index in [9.17, 15) is 14.0 Å². The lowest BCUT2D eigenvalue weighted by Gasteiger charge is -2.32. The number of aromatic amines is 1. The van der Waals surface area contributed by atoms with Crippen molar-refractivity contribution in [3.8, 4) is 11.3 Å². The van der Waals surface area contributed by atoms with Crippen molar-refractivity contribution in [1.82, 2.24) is 20.2 Å². The van der Waals surface area contributed by atoms with Crippen molar-refractivity contribution in [2.45, 2.75) is 51.0 Å². The van der Waals surface area contributed by atoms with Gasteiger partial charge in [-0.25, -0.2) is 14.2 Å². The maximum atomic E-state index is 13.7. The van der Waals surface area contributed by atoms with E-state index in [4.69, 9.17) is 14.0 Å². The minimum absolute atomic E-state index is 0.322. The van der Waals surface area contributed by atoms with E-state index < -0.39 is 42.3 Å². The van der Waals surface area contributed by atoms with Gasteiger partial charge in [0, 0.05) is 6.54 Å². The van der Waals surface area contributed by atoms with Crippen LogP contribution in [-0.2, 0) is 18.8 Å². The largest absolute Gasteiger partial charge is 0.494 e. The minimum atomic E-state index is -1.06. The first-order valence-corrected chi connectivity index (χ1v) is 13.1. The monoisotopic (exact) mass is 546 g/mol. The second-order valence-corrected chi connectivity index (χ2v) is 10.9. The van der Waals surface area contributed by atoms with Crippen molar-refractivity contribution >= 4 is 24.6 Å². The second-order valence-electron chi connectivity index (χ2n) is 10.9. The Morgan fingerprint density at radius 1 is 1.10 bits per heavy atom. The normalized spacial score (nSPS) is 20.0. The molecule has 2 aliphatic heterocycles. The summed E-state index contributed by atoms with van der Waals surface area (Å²) in [7, 11) is 0.765. The molecule has 5 rings (SSSR count). The maximum Gasteiger partial charge on any atom is 0.494 e. The van der Waals surface area contributed by atoms with Crippen LogP contribution in [0.4, 0.5) is 9.18 Å². The second kappa shape index (κ2) is 10.6. The summed E-state index contributed by atoms with van der Waals surface area (Å²) in [5, 5.41) is 2.57. The topological polar surface area (TPSA) is 106 Å². The van der Waals surface area contributed by atoms with Crippen molar-refractivity contribution in [2.24, 2.45) is 0 Å². The quantitative estimate of drug-likeness (QED) is 0.357. The van der Waals surface area contributed by atoms with Crippen LogP contribution in [0.3, 0.4) is 0 Å². The number of benzene rings is 2. The zero-order chi connectivity index (χ0) is 28.7. The van der Waals surface area contributed by atoms with Crippen molar-refractivity contribution in [2.75, 3.05) is 13.7 Å². The Hall–Kier alpha value is -3.96. The summed E-state index contributed by atoms with van der Waals surface area (Å²) in [6, 6.07) is 11.7. The van der Waals surface area contributed by atoms with Crippen molar-refractivity contribution in [3.05, 3.63) is 84.1 Å². The SMILES string of the molecule is COC(=O)N[C@@H](C(=O)N1CC=CC1c1ncc(-c2ccc(B3OC(C)(C)C(C)(C)O3)cc2)[nH]1)c1ccc(F)cc1. The van der Waals surface area contributed by atoms with Crippen LogP contribution in [0.2, 0.25) is 0 Å². The number of alkyl carbamates (subject to hydrolysis) is 1. The molecule has 0 bridgehead atoms. The van der Waals surface area contributed by atoms with Crippen LogP contribution in [0.5, 0.6) is 0 Å². The fraction of sp³-hybridized carbons (Fsp3) is 0.345. The Labute approximate surface area is 232 Å². The molecule has 3 heterocycles. The number of H-pyrrole nitrogens is 1. The first-order valence-electron chi connectivity index (χ1n) is 13.1. The molecule has 1 saturated heterocycles. The van der Waals surface area contributed by atoms with Crippen molar-refractivity contribution in [1.29, 1.82) is 0 Å². The molecule has 40 heavy (non-hydrogen) atoms. The summed E-state index contributed by atoms with van der Waals surface area (Å²) < 4.78 is 30.5. The van der Waals surface area contributed by atoms with Crippen molar-refractivity contribution < 1.29 is 28.0 Å². The molecule has 208 valence electrons. The number of imidazole rings is 1. The highest BCUT2D eigenvalue weighted by Gasteiger charge is 2.51. The van der Waals surface area contributed by atoms with E-state index in [0.29, 0.717) is 17.9 Å². The van der Waals surface area contributed by atoms with Crippen LogP contribution < -0.4 is 10.8 Å². The molecule has 0 radical (unpaired) electrons. The van der Waals surface area contributed by atoms with Crippen molar-refractivity contribution in [3.63, 3.8) is 0 Å². The van der Waals surface area contributed by atoms with E-state index in [1.165, 1.54) is 31.4 Å². The number of carbonyl (C=O) groups excluding carboxylic acids is 2. The molecule has 2 aliphatic rings. The molecule has 11 heteroatoms. The lowest BCUT2D eigenvalue weighted by Crippen LogP contribution is -2.43. The highest BCUT2D eigenvalue weighted by molar-refractivity contribution is 6.62. The number of rotatable bonds is 6. The Balaban J connectivity index is 1.34. The fourth-order valence-corrected chi connectivity index (χ4v) is 4.70. The minimum Gasteiger partial charge on any atom is -0.453 e. The summed E-state index contributed by atoms with van der Waals surface area (Å²) in [4.78, 5) is 35.2. The van der Waals surface area contributed by atoms with Crippen LogP contribution >= 0.6 is 0 Å². The first-order chi connectivity index (χ1) is 19.0. The van der Waals surface area contributed by atoms with Gasteiger partial charge in [-0.05, 0) is 56.4 Å². The Morgan fingerprint density at radius 2 is 1.75 bits per heavy atom. The predicted octanol–water partition coefficient (Wildman–Crippen LogP) is 4.05. The van der Waals surface area contributed by atoms with E-state index in [1.807, 2.05) is 64.1 Å². The van der Waals surface area contributed by atoms with Gasteiger partial charge in [-0.15, -0.1) is 0 Å². The average Bonchev–Trinajstić information content (AvgIpc) is 3.65. The third-order valence-electron chi connectivity index (χ3n) is 7.76. The van der Waals surface area contributed by atoms with E-state index in [1.54, 1.807) is 11.1 Å². The Kier molecular flexibility index (Phi) is 7.28. The lowest BCUT2D eigenvalue weighted by molar-refractivity contribution is -0.134. The molecular formula is C29H32BFN4O5. The molecule has 2 amide bonds. The van der Waals surface area contributed by atoms with Crippen LogP contribution in [-0.4, -0.2) is 58.8 Å². The third kappa shape index (κ3) is 5.26. The molecule has 2 N–H and O–H groups in total. The zero-order valence-electron chi connectivity index (χ0n) is 23.1. The molecular weight excluding hydrogens is 514 g/mol. The number of amides is 2. The molecule has 2 aromatic carbocycles. The molecule has 9 nitrogen and oxygen atoms in total. The van der Waals surface area contributed by atoms with Gasteiger partial charge in [0.2, 0.25) is 0 Å².